The van der Waals surface area contributed by atoms with E-state index in [1.165, 1.54) is 0 Å². The first kappa shape index (κ1) is 27.8. The molecule has 0 saturated carbocycles. The van der Waals surface area contributed by atoms with E-state index in [9.17, 15) is 9.00 Å². The number of hydrogen-bond acceptors (Lipinski definition) is 5. The number of nitrogens with zero attached hydrogens (tertiary/aromatic N) is 2. The molecule has 0 spiro atoms. The lowest BCUT2D eigenvalue weighted by Crippen LogP contribution is -2.21. The van der Waals surface area contributed by atoms with Gasteiger partial charge in [-0.3, -0.25) is 4.21 Å². The van der Waals surface area contributed by atoms with Crippen LogP contribution in [0.4, 0.5) is 16.2 Å². The van der Waals surface area contributed by atoms with Crippen LogP contribution in [0.2, 0.25) is 0 Å². The molecule has 40 heavy (non-hydrogen) atoms. The molecular weight excluding hydrogens is 520 g/mol. The molecule has 1 saturated heterocycles. The Labute approximate surface area is 238 Å². The lowest BCUT2D eigenvalue weighted by Gasteiger charge is -2.22. The summed E-state index contributed by atoms with van der Waals surface area (Å²) in [6.45, 7) is 8.86. The van der Waals surface area contributed by atoms with Crippen molar-refractivity contribution >= 4 is 39.0 Å². The van der Waals surface area contributed by atoms with Crippen molar-refractivity contribution in [3.63, 3.8) is 0 Å². The summed E-state index contributed by atoms with van der Waals surface area (Å²) in [5.74, 6) is 3.51. The number of amides is 2. The molecule has 0 aliphatic carbocycles. The van der Waals surface area contributed by atoms with Crippen LogP contribution in [-0.2, 0) is 16.2 Å². The summed E-state index contributed by atoms with van der Waals surface area (Å²) in [4.78, 5) is 22.0. The highest BCUT2D eigenvalue weighted by molar-refractivity contribution is 7.85. The summed E-state index contributed by atoms with van der Waals surface area (Å²) in [5.41, 5.74) is 4.08. The maximum atomic E-state index is 13.3. The van der Waals surface area contributed by atoms with Gasteiger partial charge in [-0.1, -0.05) is 57.2 Å². The molecule has 2 amide bonds. The quantitative estimate of drug-likeness (QED) is 0.254. The zero-order valence-electron chi connectivity index (χ0n) is 23.5. The van der Waals surface area contributed by atoms with E-state index in [4.69, 9.17) is 4.74 Å². The Morgan fingerprint density at radius 3 is 2.42 bits per heavy atom. The van der Waals surface area contributed by atoms with Crippen molar-refractivity contribution in [2.45, 2.75) is 46.0 Å². The molecular formula is C32H36N4O3S. The maximum Gasteiger partial charge on any atom is 0.323 e. The minimum absolute atomic E-state index is 0.0872. The van der Waals surface area contributed by atoms with Gasteiger partial charge in [-0.25, -0.2) is 14.8 Å². The van der Waals surface area contributed by atoms with Gasteiger partial charge in [0.15, 0.2) is 0 Å². The Bertz CT molecular complexity index is 1550. The first-order chi connectivity index (χ1) is 19.2. The zero-order chi connectivity index (χ0) is 28.3. The van der Waals surface area contributed by atoms with E-state index >= 15 is 0 Å². The number of aryl methyl sites for hydroxylation is 1. The van der Waals surface area contributed by atoms with E-state index in [0.717, 1.165) is 57.6 Å². The minimum atomic E-state index is -0.674. The average molecular weight is 557 g/mol. The van der Waals surface area contributed by atoms with Gasteiger partial charge in [0.2, 0.25) is 0 Å². The van der Waals surface area contributed by atoms with Crippen LogP contribution < -0.4 is 15.4 Å². The molecule has 8 heteroatoms. The van der Waals surface area contributed by atoms with E-state index in [1.54, 1.807) is 12.4 Å². The van der Waals surface area contributed by atoms with Gasteiger partial charge in [0.05, 0.1) is 18.0 Å². The molecule has 1 aliphatic heterocycles. The first-order valence-electron chi connectivity index (χ1n) is 13.7. The number of hydrogen-bond donors (Lipinski definition) is 2. The summed E-state index contributed by atoms with van der Waals surface area (Å²) in [6, 6.07) is 17.4. The number of carbonyl (C=O) groups excluding carboxylic acids is 1. The fraction of sp³-hybridized carbons (Fsp3) is 0.344. The van der Waals surface area contributed by atoms with Crippen LogP contribution in [0, 0.1) is 12.8 Å². The smallest absolute Gasteiger partial charge is 0.323 e. The van der Waals surface area contributed by atoms with Crippen molar-refractivity contribution in [2.75, 3.05) is 28.7 Å². The zero-order valence-corrected chi connectivity index (χ0v) is 24.3. The number of fused-ring (bicyclic) bond motifs is 1. The molecule has 7 nitrogen and oxygen atoms in total. The monoisotopic (exact) mass is 556 g/mol. The molecule has 1 fully saturated rings. The van der Waals surface area contributed by atoms with Crippen LogP contribution >= 0.6 is 0 Å². The molecule has 0 bridgehead atoms. The number of benzene rings is 3. The van der Waals surface area contributed by atoms with Gasteiger partial charge >= 0.3 is 6.03 Å². The minimum Gasteiger partial charge on any atom is -0.493 e. The Balaban J connectivity index is 1.36. The Kier molecular flexibility index (Phi) is 8.17. The summed E-state index contributed by atoms with van der Waals surface area (Å²) < 4.78 is 17.8. The second-order valence-electron chi connectivity index (χ2n) is 11.4. The number of carbonyl (C=O) groups is 1. The van der Waals surface area contributed by atoms with Crippen molar-refractivity contribution in [3.05, 3.63) is 78.4 Å². The highest BCUT2D eigenvalue weighted by atomic mass is 32.2. The standard InChI is InChI=1S/C32H36N4O3S/c1-21-33-18-23(19-34-21)25-10-9-24(32(2,3)4)17-29(25)36-31(37)35-28-11-12-30(27-8-6-5-7-26(27)28)39-15-13-22-14-16-40(38)20-22/h5-12,17-19,22H,13-16,20H2,1-4H3,(H2,35,36,37). The van der Waals surface area contributed by atoms with Crippen molar-refractivity contribution < 1.29 is 13.7 Å². The van der Waals surface area contributed by atoms with E-state index in [-0.39, 0.29) is 11.4 Å². The first-order valence-corrected chi connectivity index (χ1v) is 15.2. The van der Waals surface area contributed by atoms with E-state index in [0.29, 0.717) is 29.7 Å². The number of rotatable bonds is 7. The normalized spacial score (nSPS) is 17.1. The Morgan fingerprint density at radius 1 is 1.00 bits per heavy atom. The molecule has 1 aliphatic rings. The summed E-state index contributed by atoms with van der Waals surface area (Å²) in [5, 5.41) is 7.94. The molecule has 3 aromatic carbocycles. The fourth-order valence-corrected chi connectivity index (χ4v) is 6.59. The van der Waals surface area contributed by atoms with Crippen LogP contribution in [0.1, 0.15) is 45.0 Å². The van der Waals surface area contributed by atoms with Gasteiger partial charge in [0.1, 0.15) is 11.6 Å². The number of aromatic nitrogens is 2. The van der Waals surface area contributed by atoms with Crippen molar-refractivity contribution in [2.24, 2.45) is 5.92 Å². The van der Waals surface area contributed by atoms with Crippen LogP contribution in [0.25, 0.3) is 21.9 Å². The SMILES string of the molecule is Cc1ncc(-c2ccc(C(C)(C)C)cc2NC(=O)Nc2ccc(OCCC3CCS(=O)C3)c3ccccc23)cn1. The van der Waals surface area contributed by atoms with Crippen LogP contribution in [0.15, 0.2) is 67.0 Å². The second kappa shape index (κ2) is 11.8. The third-order valence-electron chi connectivity index (χ3n) is 7.32. The maximum absolute atomic E-state index is 13.3. The largest absolute Gasteiger partial charge is 0.493 e. The van der Waals surface area contributed by atoms with E-state index < -0.39 is 10.8 Å². The van der Waals surface area contributed by atoms with Crippen molar-refractivity contribution in [1.82, 2.24) is 9.97 Å². The average Bonchev–Trinajstić information content (AvgIpc) is 3.34. The Morgan fingerprint density at radius 2 is 1.73 bits per heavy atom. The second-order valence-corrected chi connectivity index (χ2v) is 13.0. The molecule has 2 atom stereocenters. The highest BCUT2D eigenvalue weighted by Gasteiger charge is 2.21. The van der Waals surface area contributed by atoms with Gasteiger partial charge in [0.25, 0.3) is 0 Å². The van der Waals surface area contributed by atoms with Gasteiger partial charge < -0.3 is 15.4 Å². The summed E-state index contributed by atoms with van der Waals surface area (Å²) >= 11 is 0. The van der Waals surface area contributed by atoms with Gasteiger partial charge in [-0.05, 0) is 54.9 Å². The van der Waals surface area contributed by atoms with Crippen molar-refractivity contribution in [1.29, 1.82) is 0 Å². The number of urea groups is 1. The van der Waals surface area contributed by atoms with E-state index in [1.807, 2.05) is 55.5 Å². The molecule has 5 rings (SSSR count). The molecule has 0 radical (unpaired) electrons. The van der Waals surface area contributed by atoms with Gasteiger partial charge in [0, 0.05) is 56.6 Å². The molecule has 2 N–H and O–H groups in total. The molecule has 2 unspecified atom stereocenters. The number of nitrogens with one attached hydrogen (secondary N) is 2. The molecule has 208 valence electrons. The lowest BCUT2D eigenvalue weighted by molar-refractivity contribution is 0.262. The van der Waals surface area contributed by atoms with E-state index in [2.05, 4.69) is 47.4 Å². The number of anilines is 2. The molecule has 1 aromatic heterocycles. The number of ether oxygens (including phenoxy) is 1. The predicted molar refractivity (Wildman–Crippen MR) is 164 cm³/mol. The van der Waals surface area contributed by atoms with Crippen LogP contribution in [-0.4, -0.2) is 38.3 Å². The van der Waals surface area contributed by atoms with Crippen LogP contribution in [0.5, 0.6) is 5.75 Å². The Hall–Kier alpha value is -3.78. The summed E-state index contributed by atoms with van der Waals surface area (Å²) in [6.07, 6.45) is 5.45. The lowest BCUT2D eigenvalue weighted by atomic mass is 9.85. The third kappa shape index (κ3) is 6.50. The molecule has 4 aromatic rings. The summed E-state index contributed by atoms with van der Waals surface area (Å²) in [7, 11) is -0.674. The van der Waals surface area contributed by atoms with Gasteiger partial charge in [-0.15, -0.1) is 0 Å². The predicted octanol–water partition coefficient (Wildman–Crippen LogP) is 7.08. The van der Waals surface area contributed by atoms with Crippen LogP contribution in [0.3, 0.4) is 0 Å². The van der Waals surface area contributed by atoms with Crippen molar-refractivity contribution in [3.8, 4) is 16.9 Å². The third-order valence-corrected chi connectivity index (χ3v) is 8.85. The topological polar surface area (TPSA) is 93.2 Å². The van der Waals surface area contributed by atoms with Gasteiger partial charge in [-0.2, -0.15) is 0 Å². The molecule has 2 heterocycles. The fourth-order valence-electron chi connectivity index (χ4n) is 4.97. The highest BCUT2D eigenvalue weighted by Crippen LogP contribution is 2.35.